The number of nitrogens with two attached hydrogens (primary N) is 1. The van der Waals surface area contributed by atoms with Gasteiger partial charge in [-0.25, -0.2) is 4.98 Å². The van der Waals surface area contributed by atoms with Gasteiger partial charge < -0.3 is 15.2 Å². The molecule has 3 aliphatic rings. The topological polar surface area (TPSA) is 57.4 Å². The van der Waals surface area contributed by atoms with Crippen molar-refractivity contribution in [3.8, 4) is 17.0 Å². The molecule has 0 radical (unpaired) electrons. The van der Waals surface area contributed by atoms with Crippen molar-refractivity contribution < 1.29 is 9.47 Å². The minimum atomic E-state index is -0.347. The van der Waals surface area contributed by atoms with Gasteiger partial charge in [0.2, 0.25) is 0 Å². The Labute approximate surface area is 120 Å². The van der Waals surface area contributed by atoms with E-state index >= 15 is 0 Å². The van der Waals surface area contributed by atoms with Crippen LogP contribution in [0.1, 0.15) is 29.2 Å². The molecule has 1 saturated heterocycles. The zero-order chi connectivity index (χ0) is 13.3. The molecule has 2 N–H and O–H groups in total. The van der Waals surface area contributed by atoms with Gasteiger partial charge in [-0.15, -0.1) is 0 Å². The Morgan fingerprint density at radius 2 is 2.15 bits per heavy atom. The third-order valence-corrected chi connectivity index (χ3v) is 5.41. The maximum absolute atomic E-state index is 6.30. The highest BCUT2D eigenvalue weighted by Gasteiger charge is 2.50. The van der Waals surface area contributed by atoms with Crippen LogP contribution in [-0.2, 0) is 10.3 Å². The maximum Gasteiger partial charge on any atom is 0.191 e. The standard InChI is InChI=1S/C15H14N2O2S/c16-14-17-12-10-4-3-9(8-1-2-8)5-11(10)19-15(6-18-7-15)13(12)20-14/h3-5,8H,1-2,6-7H2,(H2,16,17). The van der Waals surface area contributed by atoms with Crippen LogP contribution in [0.15, 0.2) is 18.2 Å². The lowest BCUT2D eigenvalue weighted by Crippen LogP contribution is -2.52. The predicted octanol–water partition coefficient (Wildman–Crippen LogP) is 2.89. The van der Waals surface area contributed by atoms with Crippen LogP contribution in [0.5, 0.6) is 5.75 Å². The van der Waals surface area contributed by atoms with Gasteiger partial charge in [0, 0.05) is 5.56 Å². The molecule has 1 saturated carbocycles. The molecular formula is C15H14N2O2S. The summed E-state index contributed by atoms with van der Waals surface area (Å²) in [6.45, 7) is 1.18. The van der Waals surface area contributed by atoms with E-state index in [1.807, 2.05) is 0 Å². The molecule has 0 bridgehead atoms. The Bertz CT molecular complexity index is 717. The number of hydrogen-bond donors (Lipinski definition) is 1. The number of nitrogens with zero attached hydrogens (tertiary/aromatic N) is 1. The van der Waals surface area contributed by atoms with E-state index in [9.17, 15) is 0 Å². The molecule has 5 heteroatoms. The molecule has 1 spiro atoms. The van der Waals surface area contributed by atoms with Crippen molar-refractivity contribution in [2.45, 2.75) is 24.4 Å². The number of fused-ring (bicyclic) bond motifs is 4. The highest BCUT2D eigenvalue weighted by molar-refractivity contribution is 7.16. The lowest BCUT2D eigenvalue weighted by molar-refractivity contribution is -0.167. The van der Waals surface area contributed by atoms with Crippen LogP contribution in [-0.4, -0.2) is 18.2 Å². The zero-order valence-corrected chi connectivity index (χ0v) is 11.7. The third-order valence-electron chi connectivity index (χ3n) is 4.34. The highest BCUT2D eigenvalue weighted by Crippen LogP contribution is 2.52. The molecule has 2 aliphatic heterocycles. The van der Waals surface area contributed by atoms with Crippen molar-refractivity contribution in [2.24, 2.45) is 0 Å². The number of nitrogen functional groups attached to an aromatic ring is 1. The SMILES string of the molecule is Nc1nc2c(s1)C1(COC1)Oc1cc(C3CC3)ccc1-2. The minimum absolute atomic E-state index is 0.347. The molecule has 0 amide bonds. The third kappa shape index (κ3) is 1.37. The summed E-state index contributed by atoms with van der Waals surface area (Å²) in [4.78, 5) is 5.64. The molecule has 1 aromatic carbocycles. The van der Waals surface area contributed by atoms with Gasteiger partial charge in [-0.2, -0.15) is 0 Å². The largest absolute Gasteiger partial charge is 0.476 e. The number of rotatable bonds is 1. The van der Waals surface area contributed by atoms with Crippen LogP contribution >= 0.6 is 11.3 Å². The van der Waals surface area contributed by atoms with Gasteiger partial charge in [0.15, 0.2) is 10.7 Å². The van der Waals surface area contributed by atoms with E-state index < -0.39 is 0 Å². The van der Waals surface area contributed by atoms with Crippen LogP contribution < -0.4 is 10.5 Å². The van der Waals surface area contributed by atoms with Gasteiger partial charge in [-0.3, -0.25) is 0 Å². The molecule has 4 nitrogen and oxygen atoms in total. The Hall–Kier alpha value is -1.59. The molecule has 2 fully saturated rings. The van der Waals surface area contributed by atoms with E-state index in [1.165, 1.54) is 29.7 Å². The lowest BCUT2D eigenvalue weighted by Gasteiger charge is -2.43. The van der Waals surface area contributed by atoms with Crippen molar-refractivity contribution in [1.29, 1.82) is 0 Å². The molecule has 0 atom stereocenters. The molecule has 20 heavy (non-hydrogen) atoms. The molecule has 5 rings (SSSR count). The number of hydrogen-bond acceptors (Lipinski definition) is 5. The fourth-order valence-corrected chi connectivity index (χ4v) is 4.00. The summed E-state index contributed by atoms with van der Waals surface area (Å²) in [5.74, 6) is 1.66. The number of aromatic nitrogens is 1. The Balaban J connectivity index is 1.71. The van der Waals surface area contributed by atoms with E-state index in [-0.39, 0.29) is 5.60 Å². The van der Waals surface area contributed by atoms with E-state index in [4.69, 9.17) is 15.2 Å². The normalized spacial score (nSPS) is 21.8. The van der Waals surface area contributed by atoms with Gasteiger partial charge in [-0.1, -0.05) is 17.4 Å². The molecule has 2 aromatic rings. The van der Waals surface area contributed by atoms with Crippen LogP contribution in [0.2, 0.25) is 0 Å². The Kier molecular flexibility index (Phi) is 1.96. The second-order valence-electron chi connectivity index (χ2n) is 5.85. The first kappa shape index (κ1) is 11.1. The van der Waals surface area contributed by atoms with Gasteiger partial charge in [-0.05, 0) is 36.5 Å². The molecule has 1 aromatic heterocycles. The number of benzene rings is 1. The quantitative estimate of drug-likeness (QED) is 0.875. The fourth-order valence-electron chi connectivity index (χ4n) is 3.05. The van der Waals surface area contributed by atoms with Crippen molar-refractivity contribution in [2.75, 3.05) is 18.9 Å². The van der Waals surface area contributed by atoms with Crippen molar-refractivity contribution in [1.82, 2.24) is 4.98 Å². The molecule has 0 unspecified atom stereocenters. The minimum Gasteiger partial charge on any atom is -0.476 e. The van der Waals surface area contributed by atoms with E-state index in [0.29, 0.717) is 18.3 Å². The monoisotopic (exact) mass is 286 g/mol. The summed E-state index contributed by atoms with van der Waals surface area (Å²) < 4.78 is 11.7. The van der Waals surface area contributed by atoms with E-state index in [1.54, 1.807) is 0 Å². The summed E-state index contributed by atoms with van der Waals surface area (Å²) in [6, 6.07) is 6.52. The van der Waals surface area contributed by atoms with E-state index in [0.717, 1.165) is 27.8 Å². The second kappa shape index (κ2) is 3.54. The first-order valence-corrected chi connectivity index (χ1v) is 7.75. The molecular weight excluding hydrogens is 272 g/mol. The molecule has 3 heterocycles. The summed E-state index contributed by atoms with van der Waals surface area (Å²) in [5, 5.41) is 0.601. The summed E-state index contributed by atoms with van der Waals surface area (Å²) in [6.07, 6.45) is 2.59. The first-order chi connectivity index (χ1) is 9.75. The van der Waals surface area contributed by atoms with Gasteiger partial charge in [0.1, 0.15) is 5.75 Å². The van der Waals surface area contributed by atoms with Crippen LogP contribution in [0.25, 0.3) is 11.3 Å². The number of anilines is 1. The number of thiazole rings is 1. The average molecular weight is 286 g/mol. The van der Waals surface area contributed by atoms with Gasteiger partial charge in [0.25, 0.3) is 0 Å². The van der Waals surface area contributed by atoms with E-state index in [2.05, 4.69) is 23.2 Å². The zero-order valence-electron chi connectivity index (χ0n) is 10.9. The van der Waals surface area contributed by atoms with Gasteiger partial charge in [0.05, 0.1) is 23.8 Å². The molecule has 1 aliphatic carbocycles. The Morgan fingerprint density at radius 1 is 1.30 bits per heavy atom. The predicted molar refractivity (Wildman–Crippen MR) is 77.1 cm³/mol. The highest BCUT2D eigenvalue weighted by atomic mass is 32.1. The van der Waals surface area contributed by atoms with Crippen LogP contribution in [0.3, 0.4) is 0 Å². The van der Waals surface area contributed by atoms with Crippen LogP contribution in [0, 0.1) is 0 Å². The van der Waals surface area contributed by atoms with Gasteiger partial charge >= 0.3 is 0 Å². The van der Waals surface area contributed by atoms with Crippen molar-refractivity contribution >= 4 is 16.5 Å². The smallest absolute Gasteiger partial charge is 0.191 e. The summed E-state index contributed by atoms with van der Waals surface area (Å²) in [5.41, 5.74) is 9.00. The molecule has 102 valence electrons. The second-order valence-corrected chi connectivity index (χ2v) is 6.88. The summed E-state index contributed by atoms with van der Waals surface area (Å²) in [7, 11) is 0. The lowest BCUT2D eigenvalue weighted by atomic mass is 9.91. The maximum atomic E-state index is 6.30. The number of ether oxygens (including phenoxy) is 2. The van der Waals surface area contributed by atoms with Crippen LogP contribution in [0.4, 0.5) is 5.13 Å². The average Bonchev–Trinajstić information content (AvgIpc) is 3.17. The van der Waals surface area contributed by atoms with Crippen molar-refractivity contribution in [3.63, 3.8) is 0 Å². The first-order valence-electron chi connectivity index (χ1n) is 6.93. The summed E-state index contributed by atoms with van der Waals surface area (Å²) >= 11 is 1.52. The fraction of sp³-hybridized carbons (Fsp3) is 0.400. The van der Waals surface area contributed by atoms with Crippen molar-refractivity contribution in [3.05, 3.63) is 28.6 Å². The Morgan fingerprint density at radius 3 is 2.85 bits per heavy atom.